The van der Waals surface area contributed by atoms with Gasteiger partial charge in [0.25, 0.3) is 11.5 Å². The Morgan fingerprint density at radius 3 is 2.94 bits per heavy atom. The maximum Gasteiger partial charge on any atom is 0.255 e. The third kappa shape index (κ3) is 3.94. The second-order valence-corrected chi connectivity index (χ2v) is 8.45. The Balaban J connectivity index is 1.60. The molecule has 2 aliphatic heterocycles. The van der Waals surface area contributed by atoms with Gasteiger partial charge in [-0.05, 0) is 43.9 Å². The molecule has 1 atom stereocenters. The van der Waals surface area contributed by atoms with E-state index in [4.69, 9.17) is 14.5 Å². The molecule has 0 radical (unpaired) electrons. The number of hydrogen-bond donors (Lipinski definition) is 1. The minimum atomic E-state index is -0.930. The highest BCUT2D eigenvalue weighted by atomic mass is 19.1. The summed E-state index contributed by atoms with van der Waals surface area (Å²) >= 11 is 0. The number of ether oxygens (including phenoxy) is 2. The molecule has 1 aromatic carbocycles. The zero-order chi connectivity index (χ0) is 23.7. The van der Waals surface area contributed by atoms with Crippen LogP contribution in [-0.4, -0.2) is 32.2 Å². The number of hydrogen-bond acceptors (Lipinski definition) is 7. The number of halogens is 1. The Labute approximate surface area is 195 Å². The smallest absolute Gasteiger partial charge is 0.255 e. The third-order valence-corrected chi connectivity index (χ3v) is 6.39. The molecule has 0 saturated heterocycles. The Kier molecular flexibility index (Phi) is 5.82. The molecule has 34 heavy (non-hydrogen) atoms. The van der Waals surface area contributed by atoms with E-state index in [1.165, 1.54) is 18.5 Å². The highest BCUT2D eigenvalue weighted by molar-refractivity contribution is 5.98. The first-order valence-electron chi connectivity index (χ1n) is 11.2. The number of amides is 1. The van der Waals surface area contributed by atoms with E-state index >= 15 is 0 Å². The maximum atomic E-state index is 14.3. The minimum Gasteiger partial charge on any atom is -0.466 e. The SMILES string of the molecule is CCC1(NC(=O)c2cc(F)cc3c2OCOC3)CCCCn2c1nc(-c1ccncn1)cc2=O. The van der Waals surface area contributed by atoms with E-state index in [1.807, 2.05) is 6.92 Å². The zero-order valence-electron chi connectivity index (χ0n) is 18.7. The van der Waals surface area contributed by atoms with Crippen LogP contribution in [0.4, 0.5) is 4.39 Å². The fourth-order valence-electron chi connectivity index (χ4n) is 4.64. The number of aromatic nitrogens is 4. The van der Waals surface area contributed by atoms with Crippen LogP contribution in [0.15, 0.2) is 41.6 Å². The van der Waals surface area contributed by atoms with Gasteiger partial charge in [0.15, 0.2) is 6.79 Å². The summed E-state index contributed by atoms with van der Waals surface area (Å²) in [6, 6.07) is 5.60. The minimum absolute atomic E-state index is 0.0140. The van der Waals surface area contributed by atoms with Gasteiger partial charge in [-0.2, -0.15) is 0 Å². The number of carbonyl (C=O) groups is 1. The summed E-state index contributed by atoms with van der Waals surface area (Å²) in [4.78, 5) is 39.6. The molecule has 0 saturated carbocycles. The molecule has 0 fully saturated rings. The summed E-state index contributed by atoms with van der Waals surface area (Å²) in [5, 5.41) is 3.10. The van der Waals surface area contributed by atoms with Crippen molar-refractivity contribution in [2.75, 3.05) is 6.79 Å². The number of carbonyl (C=O) groups excluding carboxylic acids is 1. The molecule has 2 aliphatic rings. The summed E-state index contributed by atoms with van der Waals surface area (Å²) in [5.41, 5.74) is 0.358. The Morgan fingerprint density at radius 2 is 2.15 bits per heavy atom. The van der Waals surface area contributed by atoms with Crippen LogP contribution < -0.4 is 15.6 Å². The lowest BCUT2D eigenvalue weighted by atomic mass is 9.88. The summed E-state index contributed by atoms with van der Waals surface area (Å²) < 4.78 is 26.7. The maximum absolute atomic E-state index is 14.3. The Morgan fingerprint density at radius 1 is 1.26 bits per heavy atom. The Hall–Kier alpha value is -3.66. The molecule has 0 spiro atoms. The second kappa shape index (κ2) is 8.94. The van der Waals surface area contributed by atoms with Crippen LogP contribution in [0.25, 0.3) is 11.4 Å². The van der Waals surface area contributed by atoms with Crippen molar-refractivity contribution in [1.82, 2.24) is 24.8 Å². The molecule has 1 N–H and O–H groups in total. The normalized spacial score (nSPS) is 19.4. The largest absolute Gasteiger partial charge is 0.466 e. The van der Waals surface area contributed by atoms with Gasteiger partial charge in [0.1, 0.15) is 23.7 Å². The first-order chi connectivity index (χ1) is 16.5. The summed E-state index contributed by atoms with van der Waals surface area (Å²) in [7, 11) is 0. The van der Waals surface area contributed by atoms with Crippen LogP contribution in [0.5, 0.6) is 5.75 Å². The second-order valence-electron chi connectivity index (χ2n) is 8.45. The van der Waals surface area contributed by atoms with E-state index in [0.717, 1.165) is 18.9 Å². The van der Waals surface area contributed by atoms with Crippen molar-refractivity contribution in [2.45, 2.75) is 51.3 Å². The van der Waals surface area contributed by atoms with Gasteiger partial charge in [0, 0.05) is 24.4 Å². The molecule has 5 rings (SSSR count). The first-order valence-corrected chi connectivity index (χ1v) is 11.2. The van der Waals surface area contributed by atoms with Gasteiger partial charge in [-0.3, -0.25) is 14.2 Å². The summed E-state index contributed by atoms with van der Waals surface area (Å²) in [5.74, 6) is -0.263. The van der Waals surface area contributed by atoms with Gasteiger partial charge in [0.2, 0.25) is 0 Å². The molecule has 1 unspecified atom stereocenters. The standard InChI is InChI=1S/C24H24FN5O4/c1-2-24(29-22(32)17-10-16(25)9-15-12-33-14-34-21(15)17)6-3-4-8-30-20(31)11-19(28-23(24)30)18-5-7-26-13-27-18/h5,7,9-11,13H,2-4,6,8,12,14H2,1H3,(H,29,32). The summed E-state index contributed by atoms with van der Waals surface area (Å²) in [6.07, 6.45) is 5.60. The van der Waals surface area contributed by atoms with Crippen molar-refractivity contribution in [1.29, 1.82) is 0 Å². The van der Waals surface area contributed by atoms with Crippen LogP contribution in [0, 0.1) is 5.82 Å². The molecular weight excluding hydrogens is 441 g/mol. The van der Waals surface area contributed by atoms with Gasteiger partial charge in [-0.25, -0.2) is 19.3 Å². The van der Waals surface area contributed by atoms with Gasteiger partial charge in [-0.15, -0.1) is 0 Å². The quantitative estimate of drug-likeness (QED) is 0.631. The molecule has 0 aliphatic carbocycles. The lowest BCUT2D eigenvalue weighted by Crippen LogP contribution is -2.49. The third-order valence-electron chi connectivity index (χ3n) is 6.39. The number of fused-ring (bicyclic) bond motifs is 2. The summed E-state index contributed by atoms with van der Waals surface area (Å²) in [6.45, 7) is 2.58. The van der Waals surface area contributed by atoms with Gasteiger partial charge >= 0.3 is 0 Å². The highest BCUT2D eigenvalue weighted by Crippen LogP contribution is 2.35. The van der Waals surface area contributed by atoms with E-state index in [1.54, 1.807) is 16.8 Å². The lowest BCUT2D eigenvalue weighted by Gasteiger charge is -2.34. The van der Waals surface area contributed by atoms with E-state index < -0.39 is 17.3 Å². The van der Waals surface area contributed by atoms with E-state index in [0.29, 0.717) is 47.9 Å². The molecule has 0 bridgehead atoms. The molecule has 10 heteroatoms. The molecule has 1 amide bonds. The topological polar surface area (TPSA) is 108 Å². The van der Waals surface area contributed by atoms with Gasteiger partial charge in [-0.1, -0.05) is 6.92 Å². The first kappa shape index (κ1) is 22.1. The van der Waals surface area contributed by atoms with Crippen molar-refractivity contribution in [3.05, 3.63) is 69.9 Å². The van der Waals surface area contributed by atoms with E-state index in [-0.39, 0.29) is 24.5 Å². The molecular formula is C24H24FN5O4. The average molecular weight is 465 g/mol. The van der Waals surface area contributed by atoms with Crippen molar-refractivity contribution in [3.8, 4) is 17.1 Å². The van der Waals surface area contributed by atoms with Gasteiger partial charge < -0.3 is 14.8 Å². The molecule has 176 valence electrons. The van der Waals surface area contributed by atoms with Crippen LogP contribution in [-0.2, 0) is 23.4 Å². The highest BCUT2D eigenvalue weighted by Gasteiger charge is 2.39. The van der Waals surface area contributed by atoms with Crippen molar-refractivity contribution in [3.63, 3.8) is 0 Å². The van der Waals surface area contributed by atoms with Crippen molar-refractivity contribution in [2.24, 2.45) is 0 Å². The van der Waals surface area contributed by atoms with Gasteiger partial charge in [0.05, 0.1) is 29.1 Å². The molecule has 2 aromatic heterocycles. The molecule has 4 heterocycles. The monoisotopic (exact) mass is 465 g/mol. The number of nitrogens with zero attached hydrogens (tertiary/aromatic N) is 4. The zero-order valence-corrected chi connectivity index (χ0v) is 18.7. The van der Waals surface area contributed by atoms with Crippen LogP contribution in [0.1, 0.15) is 54.4 Å². The fourth-order valence-corrected chi connectivity index (χ4v) is 4.64. The fraction of sp³-hybridized carbons (Fsp3) is 0.375. The van der Waals surface area contributed by atoms with Crippen molar-refractivity contribution < 1.29 is 18.7 Å². The van der Waals surface area contributed by atoms with E-state index in [9.17, 15) is 14.0 Å². The molecule has 9 nitrogen and oxygen atoms in total. The Bertz CT molecular complexity index is 1300. The van der Waals surface area contributed by atoms with Crippen molar-refractivity contribution >= 4 is 5.91 Å². The number of rotatable bonds is 4. The predicted octanol–water partition coefficient (Wildman–Crippen LogP) is 2.93. The number of benzene rings is 1. The van der Waals surface area contributed by atoms with Crippen LogP contribution in [0.2, 0.25) is 0 Å². The van der Waals surface area contributed by atoms with E-state index in [2.05, 4.69) is 15.3 Å². The molecule has 3 aromatic rings. The van der Waals surface area contributed by atoms with Crippen LogP contribution >= 0.6 is 0 Å². The average Bonchev–Trinajstić information content (AvgIpc) is 3.04. The lowest BCUT2D eigenvalue weighted by molar-refractivity contribution is -0.0171. The predicted molar refractivity (Wildman–Crippen MR) is 119 cm³/mol. The number of nitrogens with one attached hydrogen (secondary N) is 1. The van der Waals surface area contributed by atoms with Crippen LogP contribution in [0.3, 0.4) is 0 Å².